The largest absolute Gasteiger partial charge is 0.312 e. The first kappa shape index (κ1) is 13.3. The van der Waals surface area contributed by atoms with E-state index in [1.807, 2.05) is 6.92 Å². The summed E-state index contributed by atoms with van der Waals surface area (Å²) in [5, 5.41) is 7.78. The number of aromatic nitrogens is 2. The zero-order chi connectivity index (χ0) is 13.0. The second-order valence-electron chi connectivity index (χ2n) is 5.46. The topological polar surface area (TPSA) is 46.9 Å². The Morgan fingerprint density at radius 3 is 3.06 bits per heavy atom. The molecule has 18 heavy (non-hydrogen) atoms. The summed E-state index contributed by atoms with van der Waals surface area (Å²) in [6.07, 6.45) is 5.20. The summed E-state index contributed by atoms with van der Waals surface area (Å²) >= 11 is 0. The summed E-state index contributed by atoms with van der Waals surface area (Å²) < 4.78 is 1.55. The number of nitrogens with zero attached hydrogens (tertiary/aromatic N) is 2. The number of rotatable bonds is 4. The van der Waals surface area contributed by atoms with E-state index in [4.69, 9.17) is 0 Å². The molecule has 4 heteroatoms. The van der Waals surface area contributed by atoms with Crippen LogP contribution in [0.4, 0.5) is 0 Å². The van der Waals surface area contributed by atoms with Gasteiger partial charge in [-0.05, 0) is 31.7 Å². The molecular formula is C14H23N3O. The Hall–Kier alpha value is -1.16. The fourth-order valence-electron chi connectivity index (χ4n) is 2.71. The first-order valence-electron chi connectivity index (χ1n) is 6.93. The van der Waals surface area contributed by atoms with Crippen molar-refractivity contribution >= 4 is 0 Å². The molecule has 2 atom stereocenters. The lowest BCUT2D eigenvalue weighted by Crippen LogP contribution is -2.37. The molecule has 0 aromatic carbocycles. The molecule has 0 saturated heterocycles. The number of aryl methyl sites for hydroxylation is 1. The van der Waals surface area contributed by atoms with Crippen LogP contribution in [0.15, 0.2) is 16.9 Å². The van der Waals surface area contributed by atoms with Crippen LogP contribution in [0.25, 0.3) is 0 Å². The van der Waals surface area contributed by atoms with Crippen LogP contribution >= 0.6 is 0 Å². The van der Waals surface area contributed by atoms with Crippen LogP contribution in [-0.2, 0) is 6.54 Å². The third-order valence-electron chi connectivity index (χ3n) is 3.69. The molecule has 4 nitrogen and oxygen atoms in total. The van der Waals surface area contributed by atoms with Crippen LogP contribution in [0.2, 0.25) is 0 Å². The highest BCUT2D eigenvalue weighted by atomic mass is 16.1. The lowest BCUT2D eigenvalue weighted by Gasteiger charge is -2.27. The summed E-state index contributed by atoms with van der Waals surface area (Å²) in [5.41, 5.74) is 0.875. The average molecular weight is 249 g/mol. The highest BCUT2D eigenvalue weighted by Crippen LogP contribution is 2.23. The lowest BCUT2D eigenvalue weighted by atomic mass is 9.87. The Balaban J connectivity index is 1.81. The summed E-state index contributed by atoms with van der Waals surface area (Å²) in [7, 11) is 0. The Bertz CT molecular complexity index is 441. The molecule has 0 aliphatic heterocycles. The Kier molecular flexibility index (Phi) is 4.53. The maximum Gasteiger partial charge on any atom is 0.266 e. The molecule has 1 heterocycles. The van der Waals surface area contributed by atoms with Crippen molar-refractivity contribution in [3.05, 3.63) is 28.2 Å². The van der Waals surface area contributed by atoms with Gasteiger partial charge in [0.15, 0.2) is 0 Å². The van der Waals surface area contributed by atoms with Crippen molar-refractivity contribution in [3.63, 3.8) is 0 Å². The Labute approximate surface area is 108 Å². The fourth-order valence-corrected chi connectivity index (χ4v) is 2.71. The van der Waals surface area contributed by atoms with E-state index in [0.717, 1.165) is 18.2 Å². The monoisotopic (exact) mass is 249 g/mol. The van der Waals surface area contributed by atoms with Crippen molar-refractivity contribution in [1.82, 2.24) is 15.1 Å². The van der Waals surface area contributed by atoms with E-state index in [0.29, 0.717) is 12.6 Å². The van der Waals surface area contributed by atoms with Gasteiger partial charge in [0, 0.05) is 18.7 Å². The van der Waals surface area contributed by atoms with Crippen LogP contribution in [0.1, 0.15) is 38.3 Å². The highest BCUT2D eigenvalue weighted by Gasteiger charge is 2.17. The van der Waals surface area contributed by atoms with E-state index in [-0.39, 0.29) is 5.56 Å². The molecular weight excluding hydrogens is 226 g/mol. The molecule has 0 bridgehead atoms. The van der Waals surface area contributed by atoms with E-state index in [9.17, 15) is 4.79 Å². The smallest absolute Gasteiger partial charge is 0.266 e. The molecule has 1 aromatic rings. The average Bonchev–Trinajstić information content (AvgIpc) is 2.34. The van der Waals surface area contributed by atoms with Crippen molar-refractivity contribution in [3.8, 4) is 0 Å². The zero-order valence-corrected chi connectivity index (χ0v) is 11.4. The first-order chi connectivity index (χ1) is 8.65. The van der Waals surface area contributed by atoms with Gasteiger partial charge in [0.05, 0.1) is 12.2 Å². The van der Waals surface area contributed by atoms with Gasteiger partial charge < -0.3 is 5.32 Å². The van der Waals surface area contributed by atoms with Crippen LogP contribution in [0.5, 0.6) is 0 Å². The summed E-state index contributed by atoms with van der Waals surface area (Å²) in [6, 6.07) is 3.97. The van der Waals surface area contributed by atoms with Crippen LogP contribution in [0.3, 0.4) is 0 Å². The van der Waals surface area contributed by atoms with Crippen molar-refractivity contribution in [1.29, 1.82) is 0 Å². The van der Waals surface area contributed by atoms with E-state index in [1.54, 1.807) is 16.8 Å². The van der Waals surface area contributed by atoms with E-state index in [1.165, 1.54) is 25.7 Å². The van der Waals surface area contributed by atoms with Crippen molar-refractivity contribution < 1.29 is 0 Å². The molecule has 0 radical (unpaired) electrons. The Morgan fingerprint density at radius 1 is 1.44 bits per heavy atom. The first-order valence-corrected chi connectivity index (χ1v) is 6.93. The minimum atomic E-state index is -0.0144. The number of nitrogens with one attached hydrogen (secondary N) is 1. The van der Waals surface area contributed by atoms with Gasteiger partial charge in [-0.3, -0.25) is 4.79 Å². The Morgan fingerprint density at radius 2 is 2.28 bits per heavy atom. The third kappa shape index (κ3) is 3.67. The second-order valence-corrected chi connectivity index (χ2v) is 5.46. The molecule has 1 aromatic heterocycles. The summed E-state index contributed by atoms with van der Waals surface area (Å²) in [5.74, 6) is 0.830. The molecule has 2 rings (SSSR count). The molecule has 100 valence electrons. The van der Waals surface area contributed by atoms with Gasteiger partial charge >= 0.3 is 0 Å². The van der Waals surface area contributed by atoms with E-state index in [2.05, 4.69) is 17.3 Å². The minimum Gasteiger partial charge on any atom is -0.312 e. The van der Waals surface area contributed by atoms with Crippen molar-refractivity contribution in [2.24, 2.45) is 5.92 Å². The standard InChI is InChI=1S/C14H23N3O/c1-11-4-3-5-13(10-11)15-8-9-17-14(18)7-6-12(2)16-17/h6-7,11,13,15H,3-5,8-10H2,1-2H3. The van der Waals surface area contributed by atoms with Gasteiger partial charge in [0.25, 0.3) is 5.56 Å². The van der Waals surface area contributed by atoms with Crippen LogP contribution < -0.4 is 10.9 Å². The third-order valence-corrected chi connectivity index (χ3v) is 3.69. The van der Waals surface area contributed by atoms with Crippen LogP contribution in [0, 0.1) is 12.8 Å². The normalized spacial score (nSPS) is 24.1. The van der Waals surface area contributed by atoms with Gasteiger partial charge in [0.2, 0.25) is 0 Å². The van der Waals surface area contributed by atoms with Gasteiger partial charge in [-0.25, -0.2) is 4.68 Å². The van der Waals surface area contributed by atoms with Gasteiger partial charge in [0.1, 0.15) is 0 Å². The molecule has 1 aliphatic rings. The predicted octanol–water partition coefficient (Wildman–Crippen LogP) is 1.72. The quantitative estimate of drug-likeness (QED) is 0.884. The van der Waals surface area contributed by atoms with Crippen LogP contribution in [-0.4, -0.2) is 22.4 Å². The van der Waals surface area contributed by atoms with Gasteiger partial charge in [-0.1, -0.05) is 19.8 Å². The van der Waals surface area contributed by atoms with Crippen molar-refractivity contribution in [2.75, 3.05) is 6.54 Å². The zero-order valence-electron chi connectivity index (χ0n) is 11.4. The molecule has 1 aliphatic carbocycles. The SMILES string of the molecule is Cc1ccc(=O)n(CCNC2CCCC(C)C2)n1. The predicted molar refractivity (Wildman–Crippen MR) is 72.7 cm³/mol. The number of hydrogen-bond donors (Lipinski definition) is 1. The van der Waals surface area contributed by atoms with E-state index < -0.39 is 0 Å². The van der Waals surface area contributed by atoms with E-state index >= 15 is 0 Å². The lowest BCUT2D eigenvalue weighted by molar-refractivity contribution is 0.297. The highest BCUT2D eigenvalue weighted by molar-refractivity contribution is 4.97. The summed E-state index contributed by atoms with van der Waals surface area (Å²) in [4.78, 5) is 11.6. The minimum absolute atomic E-state index is 0.0144. The molecule has 1 N–H and O–H groups in total. The molecule has 0 spiro atoms. The van der Waals surface area contributed by atoms with Crippen molar-refractivity contribution in [2.45, 2.75) is 52.1 Å². The number of hydrogen-bond acceptors (Lipinski definition) is 3. The van der Waals surface area contributed by atoms with Gasteiger partial charge in [-0.2, -0.15) is 5.10 Å². The maximum atomic E-state index is 11.6. The van der Waals surface area contributed by atoms with Gasteiger partial charge in [-0.15, -0.1) is 0 Å². The maximum absolute atomic E-state index is 11.6. The molecule has 1 saturated carbocycles. The second kappa shape index (κ2) is 6.14. The molecule has 1 fully saturated rings. The molecule has 0 amide bonds. The molecule has 2 unspecified atom stereocenters. The fraction of sp³-hybridized carbons (Fsp3) is 0.714. The summed E-state index contributed by atoms with van der Waals surface area (Å²) in [6.45, 7) is 5.71.